The van der Waals surface area contributed by atoms with Crippen LogP contribution in [0.1, 0.15) is 42.9 Å². The first-order chi connectivity index (χ1) is 9.24. The molecule has 0 saturated carbocycles. The smallest absolute Gasteiger partial charge is 0.249 e. The van der Waals surface area contributed by atoms with Crippen molar-refractivity contribution in [2.45, 2.75) is 44.2 Å². The Morgan fingerprint density at radius 3 is 2.90 bits per heavy atom. The van der Waals surface area contributed by atoms with E-state index in [9.17, 15) is 4.79 Å². The summed E-state index contributed by atoms with van der Waals surface area (Å²) in [5.74, 6) is 0.0344. The first-order valence-electron chi connectivity index (χ1n) is 7.04. The molecule has 1 aliphatic heterocycles. The summed E-state index contributed by atoms with van der Waals surface area (Å²) < 4.78 is 5.43. The van der Waals surface area contributed by atoms with E-state index in [1.54, 1.807) is 0 Å². The Morgan fingerprint density at radius 2 is 2.15 bits per heavy atom. The third-order valence-corrected chi connectivity index (χ3v) is 4.02. The standard InChI is InChI=1S/C15H20N2O2.ClH/c16-11-6-7-12-10(9-11)3-1-4-13(12)17-15(18)14-5-2-8-19-14;/h6-7,9,13-14H,1-5,8,16H2,(H,17,18);1H. The molecule has 0 radical (unpaired) electrons. The number of hydrogen-bond donors (Lipinski definition) is 2. The van der Waals surface area contributed by atoms with Crippen LogP contribution in [0.2, 0.25) is 0 Å². The van der Waals surface area contributed by atoms with E-state index < -0.39 is 0 Å². The monoisotopic (exact) mass is 296 g/mol. The Bertz CT molecular complexity index is 487. The fourth-order valence-electron chi connectivity index (χ4n) is 3.03. The van der Waals surface area contributed by atoms with Gasteiger partial charge in [-0.25, -0.2) is 0 Å². The second kappa shape index (κ2) is 6.46. The Labute approximate surface area is 125 Å². The Hall–Kier alpha value is -1.26. The van der Waals surface area contributed by atoms with Crippen LogP contribution in [0.5, 0.6) is 0 Å². The number of hydrogen-bond acceptors (Lipinski definition) is 3. The second-order valence-corrected chi connectivity index (χ2v) is 5.41. The zero-order chi connectivity index (χ0) is 13.2. The summed E-state index contributed by atoms with van der Waals surface area (Å²) >= 11 is 0. The van der Waals surface area contributed by atoms with Gasteiger partial charge in [0.2, 0.25) is 5.91 Å². The lowest BCUT2D eigenvalue weighted by atomic mass is 9.87. The third kappa shape index (κ3) is 3.07. The number of carbonyl (C=O) groups excluding carboxylic acids is 1. The van der Waals surface area contributed by atoms with Crippen LogP contribution in [0, 0.1) is 0 Å². The van der Waals surface area contributed by atoms with Crippen molar-refractivity contribution in [1.82, 2.24) is 5.32 Å². The van der Waals surface area contributed by atoms with E-state index in [0.29, 0.717) is 6.61 Å². The molecular weight excluding hydrogens is 276 g/mol. The highest BCUT2D eigenvalue weighted by atomic mass is 35.5. The van der Waals surface area contributed by atoms with Crippen LogP contribution in [0.15, 0.2) is 18.2 Å². The lowest BCUT2D eigenvalue weighted by Crippen LogP contribution is -2.38. The minimum absolute atomic E-state index is 0. The van der Waals surface area contributed by atoms with E-state index in [0.717, 1.165) is 37.8 Å². The van der Waals surface area contributed by atoms with E-state index in [2.05, 4.69) is 5.32 Å². The van der Waals surface area contributed by atoms with Gasteiger partial charge < -0.3 is 15.8 Å². The molecule has 5 heteroatoms. The van der Waals surface area contributed by atoms with Gasteiger partial charge >= 0.3 is 0 Å². The van der Waals surface area contributed by atoms with Crippen LogP contribution in [0.4, 0.5) is 5.69 Å². The Morgan fingerprint density at radius 1 is 1.30 bits per heavy atom. The fraction of sp³-hybridized carbons (Fsp3) is 0.533. The van der Waals surface area contributed by atoms with E-state index >= 15 is 0 Å². The first-order valence-corrected chi connectivity index (χ1v) is 7.04. The summed E-state index contributed by atoms with van der Waals surface area (Å²) in [6, 6.07) is 6.10. The van der Waals surface area contributed by atoms with E-state index in [4.69, 9.17) is 10.5 Å². The number of nitrogens with one attached hydrogen (secondary N) is 1. The number of carbonyl (C=O) groups is 1. The van der Waals surface area contributed by atoms with Gasteiger partial charge in [-0.05, 0) is 55.4 Å². The molecule has 1 aromatic rings. The maximum atomic E-state index is 12.1. The molecule has 0 aromatic heterocycles. The van der Waals surface area contributed by atoms with Gasteiger partial charge in [0.25, 0.3) is 0 Å². The number of fused-ring (bicyclic) bond motifs is 1. The summed E-state index contributed by atoms with van der Waals surface area (Å²) in [5.41, 5.74) is 9.10. The number of nitrogens with two attached hydrogens (primary N) is 1. The molecule has 20 heavy (non-hydrogen) atoms. The highest BCUT2D eigenvalue weighted by molar-refractivity contribution is 5.85. The summed E-state index contributed by atoms with van der Waals surface area (Å²) in [7, 11) is 0. The molecule has 0 bridgehead atoms. The maximum Gasteiger partial charge on any atom is 0.249 e. The van der Waals surface area contributed by atoms with Gasteiger partial charge in [-0.3, -0.25) is 4.79 Å². The molecule has 4 nitrogen and oxygen atoms in total. The molecule has 2 unspecified atom stereocenters. The van der Waals surface area contributed by atoms with Gasteiger partial charge in [0, 0.05) is 12.3 Å². The number of benzene rings is 1. The molecule has 2 aliphatic rings. The minimum Gasteiger partial charge on any atom is -0.399 e. The van der Waals surface area contributed by atoms with Crippen LogP contribution in [-0.4, -0.2) is 18.6 Å². The molecule has 3 N–H and O–H groups in total. The zero-order valence-electron chi connectivity index (χ0n) is 11.4. The van der Waals surface area contributed by atoms with Crippen molar-refractivity contribution in [2.75, 3.05) is 12.3 Å². The maximum absolute atomic E-state index is 12.1. The normalized spacial score (nSPS) is 24.6. The van der Waals surface area contributed by atoms with Gasteiger partial charge in [0.1, 0.15) is 6.10 Å². The van der Waals surface area contributed by atoms with Crippen molar-refractivity contribution in [3.8, 4) is 0 Å². The molecule has 1 heterocycles. The van der Waals surface area contributed by atoms with Gasteiger partial charge in [-0.15, -0.1) is 12.4 Å². The SMILES string of the molecule is Cl.Nc1ccc2c(c1)CCCC2NC(=O)C1CCCO1. The molecule has 2 atom stereocenters. The molecule has 110 valence electrons. The lowest BCUT2D eigenvalue weighted by Gasteiger charge is -2.27. The molecule has 1 fully saturated rings. The van der Waals surface area contributed by atoms with Gasteiger partial charge in [0.15, 0.2) is 0 Å². The fourth-order valence-corrected chi connectivity index (χ4v) is 3.03. The number of aryl methyl sites for hydroxylation is 1. The third-order valence-electron chi connectivity index (χ3n) is 4.02. The zero-order valence-corrected chi connectivity index (χ0v) is 12.2. The predicted octanol–water partition coefficient (Wildman–Crippen LogP) is 2.36. The predicted molar refractivity (Wildman–Crippen MR) is 80.9 cm³/mol. The number of ether oxygens (including phenoxy) is 1. The van der Waals surface area contributed by atoms with Crippen LogP contribution >= 0.6 is 12.4 Å². The van der Waals surface area contributed by atoms with Crippen molar-refractivity contribution in [2.24, 2.45) is 0 Å². The van der Waals surface area contributed by atoms with Crippen molar-refractivity contribution >= 4 is 24.0 Å². The summed E-state index contributed by atoms with van der Waals surface area (Å²) in [5, 5.41) is 3.13. The van der Waals surface area contributed by atoms with Gasteiger partial charge in [-0.2, -0.15) is 0 Å². The molecule has 1 amide bonds. The van der Waals surface area contributed by atoms with Crippen molar-refractivity contribution in [3.63, 3.8) is 0 Å². The van der Waals surface area contributed by atoms with E-state index in [-0.39, 0.29) is 30.5 Å². The van der Waals surface area contributed by atoms with Gasteiger partial charge in [-0.1, -0.05) is 6.07 Å². The van der Waals surface area contributed by atoms with Crippen LogP contribution in [0.25, 0.3) is 0 Å². The average molecular weight is 297 g/mol. The topological polar surface area (TPSA) is 64.3 Å². The number of anilines is 1. The van der Waals surface area contributed by atoms with Gasteiger partial charge in [0.05, 0.1) is 6.04 Å². The van der Waals surface area contributed by atoms with Crippen molar-refractivity contribution < 1.29 is 9.53 Å². The molecule has 3 rings (SSSR count). The quantitative estimate of drug-likeness (QED) is 0.824. The van der Waals surface area contributed by atoms with Crippen LogP contribution in [-0.2, 0) is 16.0 Å². The number of amides is 1. The lowest BCUT2D eigenvalue weighted by molar-refractivity contribution is -0.130. The van der Waals surface area contributed by atoms with Crippen LogP contribution in [0.3, 0.4) is 0 Å². The molecule has 1 saturated heterocycles. The number of rotatable bonds is 2. The minimum atomic E-state index is -0.251. The summed E-state index contributed by atoms with van der Waals surface area (Å²) in [6.45, 7) is 0.704. The summed E-state index contributed by atoms with van der Waals surface area (Å²) in [4.78, 5) is 12.1. The molecule has 1 aliphatic carbocycles. The molecule has 1 aromatic carbocycles. The second-order valence-electron chi connectivity index (χ2n) is 5.41. The Balaban J connectivity index is 0.00000147. The Kier molecular flexibility index (Phi) is 4.89. The van der Waals surface area contributed by atoms with E-state index in [1.165, 1.54) is 11.1 Å². The van der Waals surface area contributed by atoms with E-state index in [1.807, 2.05) is 18.2 Å². The average Bonchev–Trinajstić information content (AvgIpc) is 2.92. The summed E-state index contributed by atoms with van der Waals surface area (Å²) in [6.07, 6.45) is 4.71. The highest BCUT2D eigenvalue weighted by Gasteiger charge is 2.28. The molecule has 0 spiro atoms. The highest BCUT2D eigenvalue weighted by Crippen LogP contribution is 2.31. The molecular formula is C15H21ClN2O2. The van der Waals surface area contributed by atoms with Crippen molar-refractivity contribution in [1.29, 1.82) is 0 Å². The number of halogens is 1. The first kappa shape index (κ1) is 15.1. The van der Waals surface area contributed by atoms with Crippen LogP contribution < -0.4 is 11.1 Å². The largest absolute Gasteiger partial charge is 0.399 e. The van der Waals surface area contributed by atoms with Crippen molar-refractivity contribution in [3.05, 3.63) is 29.3 Å². The number of nitrogen functional groups attached to an aromatic ring is 1.